The first kappa shape index (κ1) is 16.7. The largest absolute Gasteiger partial charge is 0.433 e. The maximum atomic E-state index is 12.3. The lowest BCUT2D eigenvalue weighted by Crippen LogP contribution is -2.29. The smallest absolute Gasteiger partial charge is 0.387 e. The second kappa shape index (κ2) is 8.12. The van der Waals surface area contributed by atoms with Crippen LogP contribution in [0.25, 0.3) is 0 Å². The first-order valence-corrected chi connectivity index (χ1v) is 7.14. The van der Waals surface area contributed by atoms with Gasteiger partial charge in [-0.15, -0.1) is 0 Å². The van der Waals surface area contributed by atoms with Gasteiger partial charge < -0.3 is 15.4 Å². The van der Waals surface area contributed by atoms with E-state index >= 15 is 0 Å². The number of aryl methyl sites for hydroxylation is 1. The Bertz CT molecular complexity index is 645. The number of rotatable bonds is 7. The van der Waals surface area contributed by atoms with Crippen LogP contribution in [0, 0.1) is 6.92 Å². The zero-order valence-electron chi connectivity index (χ0n) is 12.7. The molecule has 23 heavy (non-hydrogen) atoms. The predicted molar refractivity (Wildman–Crippen MR) is 84.6 cm³/mol. The molecule has 0 aromatic heterocycles. The highest BCUT2D eigenvalue weighted by molar-refractivity contribution is 5.81. The maximum absolute atomic E-state index is 12.3. The molecule has 0 radical (unpaired) electrons. The van der Waals surface area contributed by atoms with Gasteiger partial charge in [-0.3, -0.25) is 4.79 Å². The number of amides is 1. The Morgan fingerprint density at radius 2 is 1.83 bits per heavy atom. The van der Waals surface area contributed by atoms with Crippen molar-refractivity contribution in [2.45, 2.75) is 20.1 Å². The molecule has 0 aliphatic carbocycles. The highest BCUT2D eigenvalue weighted by atomic mass is 19.3. The van der Waals surface area contributed by atoms with Crippen molar-refractivity contribution in [3.05, 3.63) is 59.7 Å². The fourth-order valence-corrected chi connectivity index (χ4v) is 1.96. The number of halogens is 2. The summed E-state index contributed by atoms with van der Waals surface area (Å²) in [7, 11) is 0. The van der Waals surface area contributed by atoms with Crippen LogP contribution < -0.4 is 15.4 Å². The molecule has 0 saturated carbocycles. The van der Waals surface area contributed by atoms with E-state index in [1.807, 2.05) is 31.2 Å². The summed E-state index contributed by atoms with van der Waals surface area (Å²) in [5, 5.41) is 5.55. The number of carbonyl (C=O) groups excluding carboxylic acids is 1. The van der Waals surface area contributed by atoms with Crippen molar-refractivity contribution < 1.29 is 18.3 Å². The average Bonchev–Trinajstić information content (AvgIpc) is 2.53. The zero-order valence-corrected chi connectivity index (χ0v) is 12.7. The number of nitrogens with one attached hydrogen (secondary N) is 2. The van der Waals surface area contributed by atoms with E-state index in [9.17, 15) is 13.6 Å². The standard InChI is InChI=1S/C17H18F2N2O2/c1-12-6-8-13(9-7-12)10-21-16(22)11-20-14-4-2-3-5-15(14)23-17(18)19/h2-9,17,20H,10-11H2,1H3,(H,21,22). The number of ether oxygens (including phenoxy) is 1. The van der Waals surface area contributed by atoms with Crippen molar-refractivity contribution in [3.63, 3.8) is 0 Å². The van der Waals surface area contributed by atoms with Crippen LogP contribution in [-0.2, 0) is 11.3 Å². The summed E-state index contributed by atoms with van der Waals surface area (Å²) in [6, 6.07) is 14.1. The molecule has 0 bridgehead atoms. The Labute approximate surface area is 133 Å². The molecular formula is C17H18F2N2O2. The van der Waals surface area contributed by atoms with E-state index in [1.54, 1.807) is 18.2 Å². The van der Waals surface area contributed by atoms with E-state index in [0.29, 0.717) is 12.2 Å². The lowest BCUT2D eigenvalue weighted by Gasteiger charge is -2.12. The van der Waals surface area contributed by atoms with E-state index in [1.165, 1.54) is 6.07 Å². The SMILES string of the molecule is Cc1ccc(CNC(=O)CNc2ccccc2OC(F)F)cc1. The fourth-order valence-electron chi connectivity index (χ4n) is 1.96. The second-order valence-electron chi connectivity index (χ2n) is 4.99. The third-order valence-corrected chi connectivity index (χ3v) is 3.15. The number of benzene rings is 2. The maximum Gasteiger partial charge on any atom is 0.387 e. The summed E-state index contributed by atoms with van der Waals surface area (Å²) in [5.74, 6) is -0.230. The highest BCUT2D eigenvalue weighted by Gasteiger charge is 2.09. The quantitative estimate of drug-likeness (QED) is 0.823. The van der Waals surface area contributed by atoms with Crippen LogP contribution in [0.4, 0.5) is 14.5 Å². The van der Waals surface area contributed by atoms with E-state index in [4.69, 9.17) is 0 Å². The molecule has 0 unspecified atom stereocenters. The van der Waals surface area contributed by atoms with E-state index in [0.717, 1.165) is 11.1 Å². The Kier molecular flexibility index (Phi) is 5.91. The molecule has 0 atom stereocenters. The number of alkyl halides is 2. The molecule has 0 saturated heterocycles. The molecule has 0 aliphatic rings. The molecule has 2 aromatic rings. The number of para-hydroxylation sites is 2. The Morgan fingerprint density at radius 1 is 1.13 bits per heavy atom. The number of hydrogen-bond acceptors (Lipinski definition) is 3. The molecule has 6 heteroatoms. The lowest BCUT2D eigenvalue weighted by atomic mass is 10.1. The van der Waals surface area contributed by atoms with E-state index in [-0.39, 0.29) is 18.2 Å². The van der Waals surface area contributed by atoms with Crippen LogP contribution >= 0.6 is 0 Å². The Hall–Kier alpha value is -2.63. The topological polar surface area (TPSA) is 50.4 Å². The van der Waals surface area contributed by atoms with Gasteiger partial charge in [-0.2, -0.15) is 8.78 Å². The van der Waals surface area contributed by atoms with Crippen molar-refractivity contribution in [1.29, 1.82) is 0 Å². The molecular weight excluding hydrogens is 302 g/mol. The Balaban J connectivity index is 1.83. The fraction of sp³-hybridized carbons (Fsp3) is 0.235. The summed E-state index contributed by atoms with van der Waals surface area (Å²) in [5.41, 5.74) is 2.49. The first-order chi connectivity index (χ1) is 11.0. The van der Waals surface area contributed by atoms with Crippen molar-refractivity contribution in [2.24, 2.45) is 0 Å². The molecule has 2 aromatic carbocycles. The van der Waals surface area contributed by atoms with Gasteiger partial charge in [0, 0.05) is 6.54 Å². The molecule has 4 nitrogen and oxygen atoms in total. The summed E-state index contributed by atoms with van der Waals surface area (Å²) in [4.78, 5) is 11.8. The second-order valence-corrected chi connectivity index (χ2v) is 4.99. The van der Waals surface area contributed by atoms with Crippen molar-refractivity contribution in [1.82, 2.24) is 5.32 Å². The highest BCUT2D eigenvalue weighted by Crippen LogP contribution is 2.25. The van der Waals surface area contributed by atoms with Gasteiger partial charge in [-0.05, 0) is 24.6 Å². The van der Waals surface area contributed by atoms with Crippen LogP contribution in [0.1, 0.15) is 11.1 Å². The summed E-state index contributed by atoms with van der Waals surface area (Å²) >= 11 is 0. The molecule has 1 amide bonds. The number of anilines is 1. The van der Waals surface area contributed by atoms with Gasteiger partial charge in [0.25, 0.3) is 0 Å². The van der Waals surface area contributed by atoms with Gasteiger partial charge in [0.2, 0.25) is 5.91 Å². The van der Waals surface area contributed by atoms with Gasteiger partial charge in [-0.25, -0.2) is 0 Å². The van der Waals surface area contributed by atoms with Gasteiger partial charge in [-0.1, -0.05) is 42.0 Å². The van der Waals surface area contributed by atoms with Crippen LogP contribution in [-0.4, -0.2) is 19.1 Å². The lowest BCUT2D eigenvalue weighted by molar-refractivity contribution is -0.119. The predicted octanol–water partition coefficient (Wildman–Crippen LogP) is 3.32. The van der Waals surface area contributed by atoms with Gasteiger partial charge in [0.05, 0.1) is 12.2 Å². The van der Waals surface area contributed by atoms with E-state index < -0.39 is 6.61 Å². The first-order valence-electron chi connectivity index (χ1n) is 7.14. The van der Waals surface area contributed by atoms with E-state index in [2.05, 4.69) is 15.4 Å². The molecule has 2 N–H and O–H groups in total. The van der Waals surface area contributed by atoms with Gasteiger partial charge in [0.15, 0.2) is 0 Å². The average molecular weight is 320 g/mol. The molecule has 0 heterocycles. The minimum absolute atomic E-state index is 0.00818. The molecule has 0 fully saturated rings. The summed E-state index contributed by atoms with van der Waals surface area (Å²) in [6.07, 6.45) is 0. The summed E-state index contributed by atoms with van der Waals surface area (Å²) in [6.45, 7) is -0.537. The zero-order chi connectivity index (χ0) is 16.7. The monoisotopic (exact) mass is 320 g/mol. The minimum Gasteiger partial charge on any atom is -0.433 e. The van der Waals surface area contributed by atoms with Crippen LogP contribution in [0.2, 0.25) is 0 Å². The third kappa shape index (κ3) is 5.58. The summed E-state index contributed by atoms with van der Waals surface area (Å²) < 4.78 is 29.0. The molecule has 0 aliphatic heterocycles. The van der Waals surface area contributed by atoms with Crippen LogP contribution in [0.5, 0.6) is 5.75 Å². The van der Waals surface area contributed by atoms with Gasteiger partial charge in [0.1, 0.15) is 5.75 Å². The van der Waals surface area contributed by atoms with Crippen LogP contribution in [0.15, 0.2) is 48.5 Å². The molecule has 2 rings (SSSR count). The van der Waals surface area contributed by atoms with Crippen molar-refractivity contribution in [3.8, 4) is 5.75 Å². The van der Waals surface area contributed by atoms with Crippen molar-refractivity contribution >= 4 is 11.6 Å². The third-order valence-electron chi connectivity index (χ3n) is 3.15. The van der Waals surface area contributed by atoms with Gasteiger partial charge >= 0.3 is 6.61 Å². The number of hydrogen-bond donors (Lipinski definition) is 2. The molecule has 0 spiro atoms. The minimum atomic E-state index is -2.91. The number of carbonyl (C=O) groups is 1. The van der Waals surface area contributed by atoms with Crippen molar-refractivity contribution in [2.75, 3.05) is 11.9 Å². The molecule has 122 valence electrons. The Morgan fingerprint density at radius 3 is 2.52 bits per heavy atom. The van der Waals surface area contributed by atoms with Crippen LogP contribution in [0.3, 0.4) is 0 Å². The normalized spacial score (nSPS) is 10.4.